The predicted octanol–water partition coefficient (Wildman–Crippen LogP) is 3.74. The average Bonchev–Trinajstić information content (AvgIpc) is 2.73. The van der Waals surface area contributed by atoms with Crippen LogP contribution < -0.4 is 4.74 Å². The second-order valence-electron chi connectivity index (χ2n) is 4.03. The van der Waals surface area contributed by atoms with Gasteiger partial charge in [0.25, 0.3) is 0 Å². The van der Waals surface area contributed by atoms with Gasteiger partial charge in [-0.1, -0.05) is 11.6 Å². The molecule has 1 heterocycles. The lowest BCUT2D eigenvalue weighted by atomic mass is 10.1. The van der Waals surface area contributed by atoms with Crippen molar-refractivity contribution in [2.24, 2.45) is 0 Å². The molecule has 0 aliphatic heterocycles. The first-order chi connectivity index (χ1) is 8.56. The molecule has 0 aliphatic rings. The summed E-state index contributed by atoms with van der Waals surface area (Å²) < 4.78 is 5.68. The molecule has 0 aliphatic carbocycles. The maximum Gasteiger partial charge on any atom is 0.140 e. The molecule has 3 nitrogen and oxygen atoms in total. The van der Waals surface area contributed by atoms with Crippen molar-refractivity contribution in [1.29, 1.82) is 0 Å². The van der Waals surface area contributed by atoms with Crippen LogP contribution in [0.5, 0.6) is 5.75 Å². The molecule has 0 saturated carbocycles. The van der Waals surface area contributed by atoms with E-state index in [1.807, 2.05) is 12.3 Å². The van der Waals surface area contributed by atoms with E-state index in [4.69, 9.17) is 16.3 Å². The first kappa shape index (κ1) is 13.3. The second kappa shape index (κ2) is 5.69. The Morgan fingerprint density at radius 2 is 2.28 bits per heavy atom. The molecular formula is C13H14ClNO2S. The molecule has 0 spiro atoms. The normalized spacial score (nSPS) is 12.4. The standard InChI is InChI=1S/C13H14ClNO2S/c1-8-7-18-13(15-8)6-17-12-4-3-10(14)5-11(12)9(2)16/h3-5,7,9,16H,6H2,1-2H3. The third kappa shape index (κ3) is 3.22. The first-order valence-corrected chi connectivity index (χ1v) is 6.83. The molecule has 0 fully saturated rings. The van der Waals surface area contributed by atoms with E-state index < -0.39 is 6.10 Å². The number of ether oxygens (including phenoxy) is 1. The van der Waals surface area contributed by atoms with Crippen LogP contribution in [-0.4, -0.2) is 10.1 Å². The highest BCUT2D eigenvalue weighted by molar-refractivity contribution is 7.09. The van der Waals surface area contributed by atoms with Crippen LogP contribution in [0.15, 0.2) is 23.6 Å². The van der Waals surface area contributed by atoms with Crippen LogP contribution >= 0.6 is 22.9 Å². The van der Waals surface area contributed by atoms with Gasteiger partial charge in [0.1, 0.15) is 17.4 Å². The van der Waals surface area contributed by atoms with E-state index in [-0.39, 0.29) is 0 Å². The number of rotatable bonds is 4. The van der Waals surface area contributed by atoms with Crippen LogP contribution in [0.1, 0.15) is 29.3 Å². The number of benzene rings is 1. The molecule has 18 heavy (non-hydrogen) atoms. The highest BCUT2D eigenvalue weighted by Gasteiger charge is 2.10. The lowest BCUT2D eigenvalue weighted by Crippen LogP contribution is -2.00. The minimum Gasteiger partial charge on any atom is -0.486 e. The van der Waals surface area contributed by atoms with Crippen molar-refractivity contribution < 1.29 is 9.84 Å². The van der Waals surface area contributed by atoms with E-state index in [0.717, 1.165) is 10.7 Å². The Hall–Kier alpha value is -1.10. The van der Waals surface area contributed by atoms with Crippen LogP contribution in [0.2, 0.25) is 5.02 Å². The van der Waals surface area contributed by atoms with Gasteiger partial charge in [-0.2, -0.15) is 0 Å². The number of aryl methyl sites for hydroxylation is 1. The number of thiazole rings is 1. The minimum absolute atomic E-state index is 0.403. The summed E-state index contributed by atoms with van der Waals surface area (Å²) in [6, 6.07) is 5.23. The van der Waals surface area contributed by atoms with Gasteiger partial charge in [-0.3, -0.25) is 0 Å². The van der Waals surface area contributed by atoms with Crippen LogP contribution in [-0.2, 0) is 6.61 Å². The molecule has 0 saturated heterocycles. The summed E-state index contributed by atoms with van der Waals surface area (Å²) in [5, 5.41) is 13.2. The Labute approximate surface area is 115 Å². The molecule has 5 heteroatoms. The smallest absolute Gasteiger partial charge is 0.140 e. The summed E-state index contributed by atoms with van der Waals surface area (Å²) in [7, 11) is 0. The van der Waals surface area contributed by atoms with Crippen molar-refractivity contribution in [3.8, 4) is 5.75 Å². The number of halogens is 1. The summed E-state index contributed by atoms with van der Waals surface area (Å²) in [5.41, 5.74) is 1.68. The van der Waals surface area contributed by atoms with E-state index in [0.29, 0.717) is 22.9 Å². The number of hydrogen-bond donors (Lipinski definition) is 1. The molecule has 1 aromatic carbocycles. The van der Waals surface area contributed by atoms with E-state index in [1.54, 1.807) is 36.5 Å². The second-order valence-corrected chi connectivity index (χ2v) is 5.41. The van der Waals surface area contributed by atoms with E-state index >= 15 is 0 Å². The first-order valence-electron chi connectivity index (χ1n) is 5.57. The third-order valence-corrected chi connectivity index (χ3v) is 3.61. The van der Waals surface area contributed by atoms with Crippen LogP contribution in [0.3, 0.4) is 0 Å². The molecule has 0 bridgehead atoms. The van der Waals surface area contributed by atoms with Gasteiger partial charge in [0.2, 0.25) is 0 Å². The molecule has 0 amide bonds. The monoisotopic (exact) mass is 283 g/mol. The zero-order chi connectivity index (χ0) is 13.1. The van der Waals surface area contributed by atoms with Crippen molar-refractivity contribution in [1.82, 2.24) is 4.98 Å². The van der Waals surface area contributed by atoms with Gasteiger partial charge < -0.3 is 9.84 Å². The summed E-state index contributed by atoms with van der Waals surface area (Å²) in [5.74, 6) is 0.641. The molecule has 1 unspecified atom stereocenters. The Kier molecular flexibility index (Phi) is 4.22. The van der Waals surface area contributed by atoms with Crippen LogP contribution in [0, 0.1) is 6.92 Å². The largest absolute Gasteiger partial charge is 0.486 e. The average molecular weight is 284 g/mol. The molecule has 2 aromatic rings. The van der Waals surface area contributed by atoms with Gasteiger partial charge in [-0.05, 0) is 32.0 Å². The zero-order valence-corrected chi connectivity index (χ0v) is 11.8. The highest BCUT2D eigenvalue weighted by Crippen LogP contribution is 2.29. The number of aliphatic hydroxyl groups excluding tert-OH is 1. The molecule has 1 aromatic heterocycles. The predicted molar refractivity (Wildman–Crippen MR) is 73.3 cm³/mol. The van der Waals surface area contributed by atoms with Crippen molar-refractivity contribution in [2.45, 2.75) is 26.6 Å². The molecule has 0 radical (unpaired) electrons. The molecule has 96 valence electrons. The number of nitrogens with zero attached hydrogens (tertiary/aromatic N) is 1. The van der Waals surface area contributed by atoms with Gasteiger partial charge >= 0.3 is 0 Å². The van der Waals surface area contributed by atoms with Gasteiger partial charge in [0.05, 0.1) is 6.10 Å². The lowest BCUT2D eigenvalue weighted by molar-refractivity contribution is 0.190. The maximum absolute atomic E-state index is 9.68. The quantitative estimate of drug-likeness (QED) is 0.929. The number of hydrogen-bond acceptors (Lipinski definition) is 4. The van der Waals surface area contributed by atoms with Gasteiger partial charge in [0, 0.05) is 21.7 Å². The Morgan fingerprint density at radius 3 is 2.89 bits per heavy atom. The van der Waals surface area contributed by atoms with E-state index in [1.165, 1.54) is 0 Å². The Bertz CT molecular complexity index is 540. The Morgan fingerprint density at radius 1 is 1.50 bits per heavy atom. The zero-order valence-electron chi connectivity index (χ0n) is 10.2. The molecule has 2 rings (SSSR count). The van der Waals surface area contributed by atoms with E-state index in [9.17, 15) is 5.11 Å². The van der Waals surface area contributed by atoms with Crippen molar-refractivity contribution in [3.63, 3.8) is 0 Å². The van der Waals surface area contributed by atoms with Crippen LogP contribution in [0.25, 0.3) is 0 Å². The van der Waals surface area contributed by atoms with E-state index in [2.05, 4.69) is 4.98 Å². The van der Waals surface area contributed by atoms with Crippen LogP contribution in [0.4, 0.5) is 0 Å². The van der Waals surface area contributed by atoms with Crippen molar-refractivity contribution >= 4 is 22.9 Å². The number of aliphatic hydroxyl groups is 1. The topological polar surface area (TPSA) is 42.4 Å². The summed E-state index contributed by atoms with van der Waals surface area (Å²) in [4.78, 5) is 4.32. The fraction of sp³-hybridized carbons (Fsp3) is 0.308. The number of aromatic nitrogens is 1. The Balaban J connectivity index is 2.13. The van der Waals surface area contributed by atoms with Gasteiger partial charge in [-0.25, -0.2) is 4.98 Å². The summed E-state index contributed by atoms with van der Waals surface area (Å²) in [6.07, 6.45) is -0.614. The fourth-order valence-electron chi connectivity index (χ4n) is 1.59. The van der Waals surface area contributed by atoms with Gasteiger partial charge in [-0.15, -0.1) is 11.3 Å². The fourth-order valence-corrected chi connectivity index (χ4v) is 2.45. The van der Waals surface area contributed by atoms with Crippen molar-refractivity contribution in [3.05, 3.63) is 44.9 Å². The summed E-state index contributed by atoms with van der Waals surface area (Å²) >= 11 is 7.47. The SMILES string of the molecule is Cc1csc(COc2ccc(Cl)cc2C(C)O)n1. The molecular weight excluding hydrogens is 270 g/mol. The minimum atomic E-state index is -0.614. The molecule has 1 N–H and O–H groups in total. The highest BCUT2D eigenvalue weighted by atomic mass is 35.5. The maximum atomic E-state index is 9.68. The van der Waals surface area contributed by atoms with Gasteiger partial charge in [0.15, 0.2) is 0 Å². The lowest BCUT2D eigenvalue weighted by Gasteiger charge is -2.13. The summed E-state index contributed by atoms with van der Waals surface area (Å²) in [6.45, 7) is 4.04. The van der Waals surface area contributed by atoms with Crippen molar-refractivity contribution in [2.75, 3.05) is 0 Å². The molecule has 1 atom stereocenters. The third-order valence-electron chi connectivity index (χ3n) is 2.44.